The molecule has 1 aliphatic rings. The highest BCUT2D eigenvalue weighted by Crippen LogP contribution is 2.29. The lowest BCUT2D eigenvalue weighted by molar-refractivity contribution is 0.0885. The molecule has 0 radical (unpaired) electrons. The Kier molecular flexibility index (Phi) is 4.12. The molecule has 0 bridgehead atoms. The minimum Gasteiger partial charge on any atom is -0.349 e. The molecule has 0 aromatic carbocycles. The molecule has 1 N–H and O–H groups in total. The van der Waals surface area contributed by atoms with Crippen LogP contribution in [0.1, 0.15) is 43.5 Å². The van der Waals surface area contributed by atoms with Gasteiger partial charge in [-0.25, -0.2) is 9.37 Å². The van der Waals surface area contributed by atoms with Crippen LogP contribution < -0.4 is 5.32 Å². The fourth-order valence-electron chi connectivity index (χ4n) is 2.63. The highest BCUT2D eigenvalue weighted by Gasteiger charge is 2.29. The summed E-state index contributed by atoms with van der Waals surface area (Å²) in [7, 11) is 0. The maximum absolute atomic E-state index is 13.5. The third-order valence-corrected chi connectivity index (χ3v) is 4.11. The van der Waals surface area contributed by atoms with E-state index < -0.39 is 17.7 Å². The molecular formula is C14H18F2N2O. The average molecular weight is 268 g/mol. The van der Waals surface area contributed by atoms with Gasteiger partial charge in [0.1, 0.15) is 0 Å². The second-order valence-electron chi connectivity index (χ2n) is 5.31. The molecule has 1 fully saturated rings. The maximum Gasteiger partial charge on any atom is 0.254 e. The maximum atomic E-state index is 13.5. The van der Waals surface area contributed by atoms with Gasteiger partial charge in [0.05, 0.1) is 5.56 Å². The van der Waals surface area contributed by atoms with Gasteiger partial charge >= 0.3 is 0 Å². The van der Waals surface area contributed by atoms with Gasteiger partial charge < -0.3 is 5.32 Å². The van der Waals surface area contributed by atoms with Crippen molar-refractivity contribution < 1.29 is 13.6 Å². The number of nitrogens with one attached hydrogen (secondary N) is 1. The summed E-state index contributed by atoms with van der Waals surface area (Å²) in [5.74, 6) is -2.12. The van der Waals surface area contributed by atoms with Gasteiger partial charge in [-0.1, -0.05) is 26.7 Å². The van der Waals surface area contributed by atoms with E-state index in [1.165, 1.54) is 6.07 Å². The number of pyridine rings is 1. The molecule has 0 saturated heterocycles. The Hall–Kier alpha value is -1.52. The zero-order chi connectivity index (χ0) is 14.0. The van der Waals surface area contributed by atoms with Gasteiger partial charge in [-0.3, -0.25) is 4.79 Å². The van der Waals surface area contributed by atoms with Crippen LogP contribution in [-0.4, -0.2) is 16.9 Å². The number of rotatable bonds is 2. The van der Waals surface area contributed by atoms with E-state index >= 15 is 0 Å². The van der Waals surface area contributed by atoms with Crippen LogP contribution in [0.2, 0.25) is 0 Å². The molecule has 2 rings (SSSR count). The molecule has 1 aliphatic carbocycles. The normalized spacial score (nSPS) is 27.1. The van der Waals surface area contributed by atoms with Crippen molar-refractivity contribution >= 4 is 5.91 Å². The minimum absolute atomic E-state index is 0.0203. The molecule has 1 aromatic rings. The number of amides is 1. The molecule has 1 aromatic heterocycles. The van der Waals surface area contributed by atoms with Gasteiger partial charge in [-0.15, -0.1) is 0 Å². The van der Waals surface area contributed by atoms with Crippen LogP contribution in [0.25, 0.3) is 0 Å². The van der Waals surface area contributed by atoms with Gasteiger partial charge in [0.25, 0.3) is 5.91 Å². The van der Waals surface area contributed by atoms with E-state index in [0.29, 0.717) is 11.8 Å². The van der Waals surface area contributed by atoms with E-state index in [4.69, 9.17) is 0 Å². The topological polar surface area (TPSA) is 42.0 Å². The highest BCUT2D eigenvalue weighted by molar-refractivity contribution is 5.94. The molecule has 19 heavy (non-hydrogen) atoms. The van der Waals surface area contributed by atoms with Crippen molar-refractivity contribution in [3.8, 4) is 0 Å². The zero-order valence-electron chi connectivity index (χ0n) is 11.1. The summed E-state index contributed by atoms with van der Waals surface area (Å²) in [6.07, 6.45) is 4.17. The minimum atomic E-state index is -1.24. The molecule has 0 spiro atoms. The molecule has 104 valence electrons. The van der Waals surface area contributed by atoms with Gasteiger partial charge in [-0.2, -0.15) is 4.39 Å². The van der Waals surface area contributed by atoms with Crippen molar-refractivity contribution in [1.29, 1.82) is 0 Å². The number of hydrogen-bond acceptors (Lipinski definition) is 2. The molecule has 3 nitrogen and oxygen atoms in total. The molecule has 0 aliphatic heterocycles. The fraction of sp³-hybridized carbons (Fsp3) is 0.571. The van der Waals surface area contributed by atoms with Crippen LogP contribution in [0.4, 0.5) is 8.78 Å². The van der Waals surface area contributed by atoms with Gasteiger partial charge in [0.15, 0.2) is 5.82 Å². The third-order valence-electron chi connectivity index (χ3n) is 4.11. The van der Waals surface area contributed by atoms with Crippen LogP contribution in [0, 0.1) is 23.6 Å². The number of aromatic nitrogens is 1. The standard InChI is InChI=1S/C14H18F2N2O/c1-8-4-3-5-11(9(8)2)18-14(19)10-6-7-17-13(16)12(10)15/h6-9,11H,3-5H2,1-2H3,(H,18,19). The predicted octanol–water partition coefficient (Wildman–Crippen LogP) is 2.91. The molecular weight excluding hydrogens is 250 g/mol. The first-order valence-corrected chi connectivity index (χ1v) is 6.61. The first-order chi connectivity index (χ1) is 9.00. The van der Waals surface area contributed by atoms with E-state index in [0.717, 1.165) is 25.5 Å². The quantitative estimate of drug-likeness (QED) is 0.838. The average Bonchev–Trinajstić information content (AvgIpc) is 2.38. The van der Waals surface area contributed by atoms with Gasteiger partial charge in [0.2, 0.25) is 5.95 Å². The number of carbonyl (C=O) groups is 1. The summed E-state index contributed by atoms with van der Waals surface area (Å²) in [5.41, 5.74) is -0.280. The monoisotopic (exact) mass is 268 g/mol. The Morgan fingerprint density at radius 2 is 2.11 bits per heavy atom. The summed E-state index contributed by atoms with van der Waals surface area (Å²) in [5, 5.41) is 2.81. The zero-order valence-corrected chi connectivity index (χ0v) is 11.1. The highest BCUT2D eigenvalue weighted by atomic mass is 19.2. The Bertz CT molecular complexity index is 479. The van der Waals surface area contributed by atoms with Gasteiger partial charge in [0, 0.05) is 12.2 Å². The van der Waals surface area contributed by atoms with Crippen molar-refractivity contribution in [2.24, 2.45) is 11.8 Å². The van der Waals surface area contributed by atoms with E-state index in [1.54, 1.807) is 0 Å². The molecule has 1 amide bonds. The Morgan fingerprint density at radius 1 is 1.37 bits per heavy atom. The second kappa shape index (κ2) is 5.63. The second-order valence-corrected chi connectivity index (χ2v) is 5.31. The van der Waals surface area contributed by atoms with Crippen molar-refractivity contribution in [1.82, 2.24) is 10.3 Å². The Morgan fingerprint density at radius 3 is 2.84 bits per heavy atom. The van der Waals surface area contributed by atoms with Crippen molar-refractivity contribution in [3.05, 3.63) is 29.6 Å². The van der Waals surface area contributed by atoms with Crippen LogP contribution in [-0.2, 0) is 0 Å². The SMILES string of the molecule is CC1CCCC(NC(=O)c2ccnc(F)c2F)C1C. The lowest BCUT2D eigenvalue weighted by Crippen LogP contribution is -2.44. The van der Waals surface area contributed by atoms with Crippen molar-refractivity contribution in [3.63, 3.8) is 0 Å². The predicted molar refractivity (Wildman–Crippen MR) is 67.6 cm³/mol. The van der Waals surface area contributed by atoms with E-state index in [9.17, 15) is 13.6 Å². The van der Waals surface area contributed by atoms with Crippen LogP contribution in [0.5, 0.6) is 0 Å². The van der Waals surface area contributed by atoms with Crippen LogP contribution in [0.3, 0.4) is 0 Å². The summed E-state index contributed by atoms with van der Waals surface area (Å²) < 4.78 is 26.5. The van der Waals surface area contributed by atoms with Crippen LogP contribution in [0.15, 0.2) is 12.3 Å². The van der Waals surface area contributed by atoms with E-state index in [-0.39, 0.29) is 11.6 Å². The number of hydrogen-bond donors (Lipinski definition) is 1. The lowest BCUT2D eigenvalue weighted by Gasteiger charge is -2.34. The fourth-order valence-corrected chi connectivity index (χ4v) is 2.63. The van der Waals surface area contributed by atoms with E-state index in [2.05, 4.69) is 24.1 Å². The van der Waals surface area contributed by atoms with Crippen molar-refractivity contribution in [2.75, 3.05) is 0 Å². The lowest BCUT2D eigenvalue weighted by atomic mass is 9.78. The third kappa shape index (κ3) is 2.91. The molecule has 3 atom stereocenters. The summed E-state index contributed by atoms with van der Waals surface area (Å²) in [4.78, 5) is 15.2. The van der Waals surface area contributed by atoms with Crippen molar-refractivity contribution in [2.45, 2.75) is 39.2 Å². The smallest absolute Gasteiger partial charge is 0.254 e. The largest absolute Gasteiger partial charge is 0.349 e. The molecule has 1 saturated carbocycles. The molecule has 3 unspecified atom stereocenters. The Balaban J connectivity index is 2.10. The van der Waals surface area contributed by atoms with Crippen LogP contribution >= 0.6 is 0 Å². The molecule has 5 heteroatoms. The van der Waals surface area contributed by atoms with Gasteiger partial charge in [-0.05, 0) is 24.3 Å². The Labute approximate surface area is 111 Å². The summed E-state index contributed by atoms with van der Waals surface area (Å²) in [6, 6.07) is 1.22. The number of nitrogens with zero attached hydrogens (tertiary/aromatic N) is 1. The first kappa shape index (κ1) is 13.9. The first-order valence-electron chi connectivity index (χ1n) is 6.61. The number of halogens is 2. The molecule has 1 heterocycles. The van der Waals surface area contributed by atoms with E-state index in [1.807, 2.05) is 0 Å². The number of carbonyl (C=O) groups excluding carboxylic acids is 1. The summed E-state index contributed by atoms with van der Waals surface area (Å²) >= 11 is 0. The summed E-state index contributed by atoms with van der Waals surface area (Å²) in [6.45, 7) is 4.23.